The molecule has 8 N–H and O–H groups in total. The summed E-state index contributed by atoms with van der Waals surface area (Å²) in [7, 11) is 1.67. The maximum Gasteiger partial charge on any atom is 0.336 e. The third-order valence-corrected chi connectivity index (χ3v) is 17.3. The minimum atomic E-state index is -1.36. The van der Waals surface area contributed by atoms with Crippen LogP contribution in [0.2, 0.25) is 0 Å². The molecule has 6 aromatic rings. The summed E-state index contributed by atoms with van der Waals surface area (Å²) in [4.78, 5) is 159. The number of ether oxygens (including phenoxy) is 4. The average molecular weight is 1450 g/mol. The number of Topliss-reactive ketones (excluding diaryl/α,β-unsaturated/α-hetero) is 1. The van der Waals surface area contributed by atoms with Gasteiger partial charge in [-0.25, -0.2) is 19.2 Å². The number of carboxylic acids is 1. The van der Waals surface area contributed by atoms with Gasteiger partial charge in [-0.2, -0.15) is 0 Å². The zero-order chi connectivity index (χ0) is 75.7. The second-order valence-corrected chi connectivity index (χ2v) is 25.4. The monoisotopic (exact) mass is 1450 g/mol. The van der Waals surface area contributed by atoms with Crippen LogP contribution in [0.4, 0.5) is 0 Å². The third kappa shape index (κ3) is 25.5. The Morgan fingerprint density at radius 1 is 0.453 bits per heavy atom. The van der Waals surface area contributed by atoms with Gasteiger partial charge in [-0.3, -0.25) is 33.6 Å². The van der Waals surface area contributed by atoms with Crippen molar-refractivity contribution in [2.24, 2.45) is 0 Å². The number of phenolic OH excluding ortho intramolecular Hbond substituents is 1. The van der Waals surface area contributed by atoms with Crippen molar-refractivity contribution in [3.05, 3.63) is 220 Å². The molecule has 1 aliphatic heterocycles. The molecule has 0 aromatic heterocycles. The van der Waals surface area contributed by atoms with E-state index in [2.05, 4.69) is 31.9 Å². The van der Waals surface area contributed by atoms with Crippen LogP contribution in [-0.4, -0.2) is 146 Å². The van der Waals surface area contributed by atoms with Gasteiger partial charge in [0.1, 0.15) is 53.1 Å². The summed E-state index contributed by atoms with van der Waals surface area (Å²) in [5, 5.41) is 37.8. The van der Waals surface area contributed by atoms with Gasteiger partial charge < -0.3 is 70.3 Å². The molecule has 0 saturated heterocycles. The quantitative estimate of drug-likeness (QED) is 0.00772. The van der Waals surface area contributed by atoms with Crippen LogP contribution in [0.5, 0.6) is 5.75 Å². The highest BCUT2D eigenvalue weighted by molar-refractivity contribution is 6.09. The molecule has 2 aliphatic rings. The molecule has 106 heavy (non-hydrogen) atoms. The van der Waals surface area contributed by atoms with Crippen LogP contribution in [0.1, 0.15) is 121 Å². The molecule has 0 bridgehead atoms. The number of benzene rings is 7. The van der Waals surface area contributed by atoms with Crippen LogP contribution >= 0.6 is 0 Å². The first kappa shape index (κ1) is 79.8. The van der Waals surface area contributed by atoms with Gasteiger partial charge >= 0.3 is 29.8 Å². The molecule has 556 valence electrons. The van der Waals surface area contributed by atoms with Crippen LogP contribution in [0.3, 0.4) is 0 Å². The first-order valence-electron chi connectivity index (χ1n) is 35.2. The zero-order valence-corrected chi connectivity index (χ0v) is 59.1. The van der Waals surface area contributed by atoms with E-state index >= 15 is 0 Å². The Labute approximate surface area is 612 Å². The molecular weight excluding hydrogens is 1360 g/mol. The van der Waals surface area contributed by atoms with Crippen LogP contribution in [0.25, 0.3) is 33.4 Å². The number of carbonyl (C=O) groups excluding carboxylic acids is 10. The molecule has 8 rings (SSSR count). The molecule has 0 radical (unpaired) electrons. The number of hydrogen-bond donors (Lipinski definition) is 8. The predicted molar refractivity (Wildman–Crippen MR) is 392 cm³/mol. The Balaban J connectivity index is 0.896. The van der Waals surface area contributed by atoms with E-state index in [0.29, 0.717) is 46.9 Å². The van der Waals surface area contributed by atoms with E-state index in [4.69, 9.17) is 23.4 Å². The number of amides is 5. The molecule has 0 saturated carbocycles. The lowest BCUT2D eigenvalue weighted by Gasteiger charge is -2.23. The summed E-state index contributed by atoms with van der Waals surface area (Å²) in [5.41, 5.74) is 3.64. The number of aromatic carboxylic acids is 1. The maximum atomic E-state index is 14.6. The molecule has 6 aromatic carbocycles. The number of phenols is 1. The normalized spacial score (nSPS) is 12.4. The molecule has 5 atom stereocenters. The summed E-state index contributed by atoms with van der Waals surface area (Å²) in [6.07, 6.45) is 1.12. The minimum Gasteiger partial charge on any atom is -0.508 e. The van der Waals surface area contributed by atoms with Crippen LogP contribution in [0.15, 0.2) is 185 Å². The Kier molecular flexibility index (Phi) is 31.2. The Hall–Kier alpha value is -11.9. The van der Waals surface area contributed by atoms with Crippen molar-refractivity contribution in [1.82, 2.24) is 31.9 Å². The van der Waals surface area contributed by atoms with Gasteiger partial charge in [-0.1, -0.05) is 127 Å². The highest BCUT2D eigenvalue weighted by Crippen LogP contribution is 2.42. The summed E-state index contributed by atoms with van der Waals surface area (Å²) >= 11 is 0. The van der Waals surface area contributed by atoms with Crippen LogP contribution < -0.4 is 37.3 Å². The summed E-state index contributed by atoms with van der Waals surface area (Å²) in [6.45, 7) is 1.16. The van der Waals surface area contributed by atoms with Crippen molar-refractivity contribution in [1.29, 1.82) is 0 Å². The molecule has 1 aliphatic carbocycles. The summed E-state index contributed by atoms with van der Waals surface area (Å²) in [5.74, 6) is -7.52. The van der Waals surface area contributed by atoms with Crippen molar-refractivity contribution in [2.45, 2.75) is 133 Å². The highest BCUT2D eigenvalue weighted by Gasteiger charge is 2.31. The summed E-state index contributed by atoms with van der Waals surface area (Å²) in [6, 6.07) is 43.2. The van der Waals surface area contributed by atoms with Gasteiger partial charge in [0.15, 0.2) is 5.43 Å². The number of likely N-dealkylation sites (N-methyl/N-ethyl adjacent to an activating group) is 1. The van der Waals surface area contributed by atoms with Crippen molar-refractivity contribution in [3.8, 4) is 28.2 Å². The second-order valence-electron chi connectivity index (χ2n) is 25.4. The fraction of sp³-hybridized carbons (Fsp3) is 0.333. The van der Waals surface area contributed by atoms with Gasteiger partial charge in [0.25, 0.3) is 5.91 Å². The number of carbonyl (C=O) groups is 11. The SMILES string of the molecule is CNC(Cc1ccccc1)C(=O)OCCCCOC(=O)C(Cc1ccccc1)NC(=O)C(CCCCNC(=O)c1ccc(-c2c3ccc(=O)cc-3oc3cc(O)ccc23)c(C(=O)O)c1)NC(=O)CCC(=O)NC(Cc1ccccc1)C(=O)OCCCCOC(=O)C(Cc1ccccc1)NC(=O)CCC(C)=O. The largest absolute Gasteiger partial charge is 0.508 e. The predicted octanol–water partition coefficient (Wildman–Crippen LogP) is 8.25. The fourth-order valence-electron chi connectivity index (χ4n) is 11.6. The third-order valence-electron chi connectivity index (χ3n) is 17.3. The van der Waals surface area contributed by atoms with E-state index in [1.165, 1.54) is 55.5 Å². The molecule has 5 amide bonds. The van der Waals surface area contributed by atoms with E-state index < -0.39 is 102 Å². The van der Waals surface area contributed by atoms with E-state index in [-0.39, 0.29) is 142 Å². The minimum absolute atomic E-state index is 0.00443. The molecule has 25 heteroatoms. The lowest BCUT2D eigenvalue weighted by Crippen LogP contribution is -2.52. The number of nitrogens with one attached hydrogen (secondary N) is 6. The zero-order valence-electron chi connectivity index (χ0n) is 59.1. The van der Waals surface area contributed by atoms with Crippen LogP contribution in [0, 0.1) is 0 Å². The lowest BCUT2D eigenvalue weighted by molar-refractivity contribution is -0.150. The van der Waals surface area contributed by atoms with Gasteiger partial charge in [0.2, 0.25) is 23.6 Å². The van der Waals surface area contributed by atoms with Crippen molar-refractivity contribution in [2.75, 3.05) is 40.0 Å². The molecular formula is C81H88N6O19. The second kappa shape index (κ2) is 41.4. The van der Waals surface area contributed by atoms with Crippen molar-refractivity contribution >= 4 is 76.1 Å². The van der Waals surface area contributed by atoms with Gasteiger partial charge in [-0.15, -0.1) is 0 Å². The van der Waals surface area contributed by atoms with Crippen LogP contribution in [-0.2, 0) is 87.8 Å². The Morgan fingerprint density at radius 2 is 0.887 bits per heavy atom. The number of aromatic hydroxyl groups is 1. The Bertz CT molecular complexity index is 4340. The molecule has 5 unspecified atom stereocenters. The number of esters is 4. The van der Waals surface area contributed by atoms with E-state index in [1.54, 1.807) is 98.0 Å². The maximum absolute atomic E-state index is 14.6. The molecule has 0 spiro atoms. The lowest BCUT2D eigenvalue weighted by atomic mass is 9.90. The highest BCUT2D eigenvalue weighted by atomic mass is 16.5. The van der Waals surface area contributed by atoms with E-state index in [1.807, 2.05) is 36.4 Å². The Morgan fingerprint density at radius 3 is 1.35 bits per heavy atom. The van der Waals surface area contributed by atoms with E-state index in [0.717, 1.165) is 11.1 Å². The smallest absolute Gasteiger partial charge is 0.336 e. The van der Waals surface area contributed by atoms with E-state index in [9.17, 15) is 67.7 Å². The molecule has 0 fully saturated rings. The number of carboxylic acid groups (broad SMARTS) is 1. The first-order valence-corrected chi connectivity index (χ1v) is 35.2. The fourth-order valence-corrected chi connectivity index (χ4v) is 11.6. The van der Waals surface area contributed by atoms with Gasteiger partial charge in [0, 0.05) is 85.7 Å². The van der Waals surface area contributed by atoms with Gasteiger partial charge in [-0.05, 0) is 130 Å². The van der Waals surface area contributed by atoms with Gasteiger partial charge in [0.05, 0.1) is 32.0 Å². The molecule has 25 nitrogen and oxygen atoms in total. The first-order chi connectivity index (χ1) is 51.2. The summed E-state index contributed by atoms with van der Waals surface area (Å²) < 4.78 is 28.3. The standard InChI is InChI=1S/C81H88N6O19/c1-52(88)30-37-71(91)85-66(46-54-23-9-4-10-24-54)79(99)103-42-19-20-43-104-80(100)67(47-55-25-11-5-12-26-55)86-73(93)39-38-72(92)84-64(76(95)87-68(48-56-27-13-6-14-28-56)81(101)105-44-18-17-41-102-78(98)65(82-2)45-53-21-7-3-8-22-53)29-15-16-40-83-75(94)57-31-34-60(63(49-57)77(96)97)74-61-35-32-58(89)50-69(61)106-70-51-59(90)33-36-62(70)74/h3-14,21-28,31-36,49-51,64-68,82,89H,15-20,29-30,37-48H2,1-2H3,(H,83,94)(H,84,92)(H,85,91)(H,86,93)(H,87,95)(H,96,97). The van der Waals surface area contributed by atoms with Crippen molar-refractivity contribution < 1.29 is 86.3 Å². The van der Waals surface area contributed by atoms with Crippen molar-refractivity contribution in [3.63, 3.8) is 0 Å². The number of unbranched alkanes of at least 4 members (excludes halogenated alkanes) is 3. The topological polar surface area (TPSA) is 368 Å². The average Bonchev–Trinajstić information content (AvgIpc) is 0.747. The molecule has 1 heterocycles. The number of fused-ring (bicyclic) bond motifs is 2. The number of rotatable bonds is 42. The number of hydrogen-bond acceptors (Lipinski definition) is 19. The number of ketones is 1.